The number of aryl methyl sites for hydroxylation is 1. The van der Waals surface area contributed by atoms with Gasteiger partial charge in [0.05, 0.1) is 35.9 Å². The molecule has 1 aliphatic rings. The van der Waals surface area contributed by atoms with Gasteiger partial charge >= 0.3 is 5.97 Å². The fourth-order valence-corrected chi connectivity index (χ4v) is 4.61. The first-order valence-corrected chi connectivity index (χ1v) is 12.6. The number of amides is 1. The maximum Gasteiger partial charge on any atom is 0.338 e. The first kappa shape index (κ1) is 26.9. The predicted molar refractivity (Wildman–Crippen MR) is 144 cm³/mol. The number of esters is 1. The zero-order valence-electron chi connectivity index (χ0n) is 21.4. The minimum atomic E-state index is -0.828. The second-order valence-electron chi connectivity index (χ2n) is 9.02. The minimum absolute atomic E-state index is 0.0234. The third kappa shape index (κ3) is 5.43. The average molecular weight is 534 g/mol. The van der Waals surface area contributed by atoms with Crippen molar-refractivity contribution in [2.45, 2.75) is 32.9 Å². The highest BCUT2D eigenvalue weighted by molar-refractivity contribution is 6.46. The number of Topliss-reactive ketones (excluding diaryl/α,β-unsaturated/α-hetero) is 1. The zero-order chi connectivity index (χ0) is 27.4. The molecule has 3 aromatic carbocycles. The number of aliphatic hydroxyl groups excluding tert-OH is 1. The van der Waals surface area contributed by atoms with Crippen molar-refractivity contribution in [3.05, 3.63) is 105 Å². The molecule has 38 heavy (non-hydrogen) atoms. The summed E-state index contributed by atoms with van der Waals surface area (Å²) in [5.41, 5.74) is 3.02. The largest absolute Gasteiger partial charge is 0.507 e. The van der Waals surface area contributed by atoms with Crippen LogP contribution in [0.4, 0.5) is 0 Å². The number of likely N-dealkylation sites (tertiary alicyclic amines) is 1. The van der Waals surface area contributed by atoms with Crippen molar-refractivity contribution in [3.8, 4) is 5.75 Å². The Labute approximate surface area is 226 Å². The summed E-state index contributed by atoms with van der Waals surface area (Å²) in [6.45, 7) is 4.25. The summed E-state index contributed by atoms with van der Waals surface area (Å²) >= 11 is 6.14. The third-order valence-corrected chi connectivity index (χ3v) is 6.61. The summed E-state index contributed by atoms with van der Waals surface area (Å²) in [5, 5.41) is 11.7. The molecule has 0 aliphatic carbocycles. The van der Waals surface area contributed by atoms with Crippen molar-refractivity contribution < 1.29 is 29.0 Å². The van der Waals surface area contributed by atoms with Gasteiger partial charge in [-0.2, -0.15) is 0 Å². The van der Waals surface area contributed by atoms with E-state index >= 15 is 0 Å². The molecule has 8 heteroatoms. The van der Waals surface area contributed by atoms with Crippen molar-refractivity contribution in [3.63, 3.8) is 0 Å². The van der Waals surface area contributed by atoms with Crippen LogP contribution in [0.2, 0.25) is 5.02 Å². The Hall–Kier alpha value is -4.10. The van der Waals surface area contributed by atoms with E-state index in [0.29, 0.717) is 39.6 Å². The summed E-state index contributed by atoms with van der Waals surface area (Å²) in [6.07, 6.45) is 0.723. The summed E-state index contributed by atoms with van der Waals surface area (Å²) in [5.74, 6) is -1.93. The van der Waals surface area contributed by atoms with Gasteiger partial charge in [0.25, 0.3) is 11.7 Å². The Bertz CT molecular complexity index is 1410. The zero-order valence-corrected chi connectivity index (χ0v) is 22.1. The monoisotopic (exact) mass is 533 g/mol. The number of hydrogen-bond acceptors (Lipinski definition) is 6. The number of carbonyl (C=O) groups is 3. The number of benzene rings is 3. The molecule has 1 amide bonds. The average Bonchev–Trinajstić information content (AvgIpc) is 3.17. The van der Waals surface area contributed by atoms with Gasteiger partial charge < -0.3 is 19.5 Å². The number of hydrogen-bond donors (Lipinski definition) is 1. The number of nitrogens with zero attached hydrogens (tertiary/aromatic N) is 1. The molecule has 0 spiro atoms. The summed E-state index contributed by atoms with van der Waals surface area (Å²) < 4.78 is 10.4. The second kappa shape index (κ2) is 11.5. The molecule has 4 rings (SSSR count). The van der Waals surface area contributed by atoms with Crippen molar-refractivity contribution in [2.75, 3.05) is 13.7 Å². The van der Waals surface area contributed by atoms with E-state index in [4.69, 9.17) is 21.1 Å². The molecular weight excluding hydrogens is 506 g/mol. The maximum absolute atomic E-state index is 13.3. The quantitative estimate of drug-likeness (QED) is 0.169. The van der Waals surface area contributed by atoms with Crippen LogP contribution in [0.25, 0.3) is 5.76 Å². The van der Waals surface area contributed by atoms with Crippen LogP contribution in [0.5, 0.6) is 5.75 Å². The van der Waals surface area contributed by atoms with Crippen molar-refractivity contribution >= 4 is 35.0 Å². The van der Waals surface area contributed by atoms with Crippen LogP contribution in [0.15, 0.2) is 72.3 Å². The van der Waals surface area contributed by atoms with Gasteiger partial charge in [-0.25, -0.2) is 4.79 Å². The van der Waals surface area contributed by atoms with Crippen LogP contribution in [0, 0.1) is 6.92 Å². The smallest absolute Gasteiger partial charge is 0.338 e. The van der Waals surface area contributed by atoms with Gasteiger partial charge in [-0.1, -0.05) is 60.5 Å². The highest BCUT2D eigenvalue weighted by Gasteiger charge is 2.46. The SMILES string of the molecule is CCCOC(=O)c1ccc(CN2C(=O)C(=O)/C(=C(\O)c3ccc(Cl)c(OC)c3)C2c2cccc(C)c2)cc1. The highest BCUT2D eigenvalue weighted by Crippen LogP contribution is 2.41. The summed E-state index contributed by atoms with van der Waals surface area (Å²) in [4.78, 5) is 40.2. The lowest BCUT2D eigenvalue weighted by Crippen LogP contribution is -2.29. The molecule has 0 saturated carbocycles. The first-order valence-electron chi connectivity index (χ1n) is 12.2. The van der Waals surface area contributed by atoms with Crippen LogP contribution in [0.3, 0.4) is 0 Å². The topological polar surface area (TPSA) is 93.1 Å². The predicted octanol–water partition coefficient (Wildman–Crippen LogP) is 5.85. The van der Waals surface area contributed by atoms with Crippen molar-refractivity contribution in [2.24, 2.45) is 0 Å². The van der Waals surface area contributed by atoms with Gasteiger partial charge in [0, 0.05) is 12.1 Å². The van der Waals surface area contributed by atoms with E-state index in [2.05, 4.69) is 0 Å². The molecule has 1 heterocycles. The van der Waals surface area contributed by atoms with Gasteiger partial charge in [-0.3, -0.25) is 9.59 Å². The van der Waals surface area contributed by atoms with Gasteiger partial charge in [0.1, 0.15) is 11.5 Å². The molecule has 1 unspecified atom stereocenters. The van der Waals surface area contributed by atoms with E-state index in [1.807, 2.05) is 38.1 Å². The Balaban J connectivity index is 1.75. The highest BCUT2D eigenvalue weighted by atomic mass is 35.5. The van der Waals surface area contributed by atoms with E-state index in [9.17, 15) is 19.5 Å². The first-order chi connectivity index (χ1) is 18.2. The van der Waals surface area contributed by atoms with Crippen LogP contribution in [0.1, 0.15) is 52.0 Å². The molecule has 3 aromatic rings. The Morgan fingerprint density at radius 3 is 2.39 bits per heavy atom. The third-order valence-electron chi connectivity index (χ3n) is 6.30. The van der Waals surface area contributed by atoms with E-state index in [1.54, 1.807) is 36.4 Å². The van der Waals surface area contributed by atoms with Crippen LogP contribution in [-0.2, 0) is 20.9 Å². The Morgan fingerprint density at radius 1 is 1.03 bits per heavy atom. The van der Waals surface area contributed by atoms with Gasteiger partial charge in [-0.05, 0) is 54.8 Å². The molecule has 1 fully saturated rings. The lowest BCUT2D eigenvalue weighted by Gasteiger charge is -2.26. The van der Waals surface area contributed by atoms with Crippen LogP contribution in [-0.4, -0.2) is 41.4 Å². The Kier molecular flexibility index (Phi) is 8.17. The molecule has 1 atom stereocenters. The van der Waals surface area contributed by atoms with Gasteiger partial charge in [0.15, 0.2) is 0 Å². The van der Waals surface area contributed by atoms with Crippen LogP contribution < -0.4 is 4.74 Å². The molecule has 0 aromatic heterocycles. The lowest BCUT2D eigenvalue weighted by atomic mass is 9.94. The molecule has 196 valence electrons. The second-order valence-corrected chi connectivity index (χ2v) is 9.43. The Morgan fingerprint density at radius 2 is 1.74 bits per heavy atom. The summed E-state index contributed by atoms with van der Waals surface area (Å²) in [6, 6.07) is 18.0. The molecule has 0 bridgehead atoms. The number of ether oxygens (including phenoxy) is 2. The number of halogens is 1. The minimum Gasteiger partial charge on any atom is -0.507 e. The number of methoxy groups -OCH3 is 1. The maximum atomic E-state index is 13.3. The number of rotatable bonds is 8. The number of carbonyl (C=O) groups excluding carboxylic acids is 3. The molecule has 1 N–H and O–H groups in total. The standard InChI is InChI=1S/C30H28ClNO6/c1-4-14-38-30(36)20-10-8-19(9-11-20)17-32-26(21-7-5-6-18(2)15-21)25(28(34)29(32)35)27(33)22-12-13-23(31)24(16-22)37-3/h5-13,15-16,26,33H,4,14,17H2,1-3H3/b27-25-. The fraction of sp³-hybridized carbons (Fsp3) is 0.233. The van der Waals surface area contributed by atoms with E-state index in [0.717, 1.165) is 12.0 Å². The normalized spacial score (nSPS) is 16.5. The number of ketones is 1. The van der Waals surface area contributed by atoms with Gasteiger partial charge in [0.2, 0.25) is 0 Å². The van der Waals surface area contributed by atoms with Crippen molar-refractivity contribution in [1.82, 2.24) is 4.90 Å². The van der Waals surface area contributed by atoms with Crippen molar-refractivity contribution in [1.29, 1.82) is 0 Å². The van der Waals surface area contributed by atoms with Crippen LogP contribution >= 0.6 is 11.6 Å². The van der Waals surface area contributed by atoms with E-state index in [1.165, 1.54) is 18.1 Å². The molecule has 0 radical (unpaired) electrons. The van der Waals surface area contributed by atoms with Gasteiger partial charge in [-0.15, -0.1) is 0 Å². The molecule has 1 aliphatic heterocycles. The van der Waals surface area contributed by atoms with E-state index in [-0.39, 0.29) is 17.9 Å². The summed E-state index contributed by atoms with van der Waals surface area (Å²) in [7, 11) is 1.45. The van der Waals surface area contributed by atoms with E-state index < -0.39 is 23.7 Å². The molecule has 7 nitrogen and oxygen atoms in total. The number of aliphatic hydroxyl groups is 1. The molecule has 1 saturated heterocycles. The molecular formula is C30H28ClNO6. The lowest BCUT2D eigenvalue weighted by molar-refractivity contribution is -0.140. The fourth-order valence-electron chi connectivity index (χ4n) is 4.41.